The first-order chi connectivity index (χ1) is 8.69. The van der Waals surface area contributed by atoms with Crippen LogP contribution in [0, 0.1) is 5.82 Å². The summed E-state index contributed by atoms with van der Waals surface area (Å²) in [5, 5.41) is 0. The first-order valence-electron chi connectivity index (χ1n) is 6.27. The molecule has 96 valence electrons. The molecule has 18 heavy (non-hydrogen) atoms. The van der Waals surface area contributed by atoms with Crippen molar-refractivity contribution in [1.82, 2.24) is 0 Å². The van der Waals surface area contributed by atoms with Crippen LogP contribution in [0.1, 0.15) is 31.7 Å². The van der Waals surface area contributed by atoms with Gasteiger partial charge in [0.05, 0.1) is 5.41 Å². The summed E-state index contributed by atoms with van der Waals surface area (Å²) >= 11 is 0. The second-order valence-corrected chi connectivity index (χ2v) is 4.57. The van der Waals surface area contributed by atoms with E-state index < -0.39 is 5.41 Å². The lowest BCUT2D eigenvalue weighted by molar-refractivity contribution is -0.145. The Bertz CT molecular complexity index is 461. The maximum Gasteiger partial charge on any atom is 0.316 e. The zero-order valence-corrected chi connectivity index (χ0v) is 10.5. The van der Waals surface area contributed by atoms with Crippen molar-refractivity contribution in [1.29, 1.82) is 0 Å². The largest absolute Gasteiger partial charge is 0.461 e. The maximum absolute atomic E-state index is 13.2. The van der Waals surface area contributed by atoms with E-state index in [4.69, 9.17) is 4.74 Å². The fraction of sp³-hybridized carbons (Fsp3) is 0.400. The molecule has 0 radical (unpaired) electrons. The average Bonchev–Trinajstić information content (AvgIpc) is 3.16. The predicted octanol–water partition coefficient (Wildman–Crippen LogP) is 3.37. The van der Waals surface area contributed by atoms with Crippen LogP contribution in [0.15, 0.2) is 36.4 Å². The SMILES string of the molecule is CC/C=C/COC(=O)C1(c2cccc(F)c2)CC1. The Labute approximate surface area is 106 Å². The van der Waals surface area contributed by atoms with Gasteiger partial charge in [-0.1, -0.05) is 31.2 Å². The average molecular weight is 248 g/mol. The van der Waals surface area contributed by atoms with E-state index in [2.05, 4.69) is 0 Å². The van der Waals surface area contributed by atoms with Gasteiger partial charge in [-0.25, -0.2) is 4.39 Å². The minimum atomic E-state index is -0.595. The first kappa shape index (κ1) is 12.8. The Balaban J connectivity index is 2.03. The van der Waals surface area contributed by atoms with Crippen molar-refractivity contribution in [2.45, 2.75) is 31.6 Å². The number of benzene rings is 1. The highest BCUT2D eigenvalue weighted by Gasteiger charge is 2.52. The summed E-state index contributed by atoms with van der Waals surface area (Å²) < 4.78 is 18.4. The Kier molecular flexibility index (Phi) is 3.80. The molecule has 1 aromatic rings. The minimum absolute atomic E-state index is 0.242. The number of hydrogen-bond acceptors (Lipinski definition) is 2. The quantitative estimate of drug-likeness (QED) is 0.590. The van der Waals surface area contributed by atoms with Crippen LogP contribution in [0.25, 0.3) is 0 Å². The maximum atomic E-state index is 13.2. The molecule has 2 rings (SSSR count). The molecule has 0 aliphatic heterocycles. The summed E-state index contributed by atoms with van der Waals surface area (Å²) in [6.07, 6.45) is 6.20. The van der Waals surface area contributed by atoms with Crippen LogP contribution in [0.2, 0.25) is 0 Å². The van der Waals surface area contributed by atoms with Gasteiger partial charge in [0.1, 0.15) is 12.4 Å². The van der Waals surface area contributed by atoms with Gasteiger partial charge in [0.15, 0.2) is 0 Å². The van der Waals surface area contributed by atoms with Gasteiger partial charge in [0, 0.05) is 0 Å². The van der Waals surface area contributed by atoms with Crippen molar-refractivity contribution in [3.8, 4) is 0 Å². The molecule has 0 atom stereocenters. The third-order valence-electron chi connectivity index (χ3n) is 3.23. The highest BCUT2D eigenvalue weighted by Crippen LogP contribution is 2.49. The van der Waals surface area contributed by atoms with Crippen LogP contribution in [-0.4, -0.2) is 12.6 Å². The lowest BCUT2D eigenvalue weighted by Crippen LogP contribution is -2.23. The van der Waals surface area contributed by atoms with Gasteiger partial charge >= 0.3 is 5.97 Å². The molecule has 1 aliphatic rings. The molecule has 0 aromatic heterocycles. The van der Waals surface area contributed by atoms with Crippen molar-refractivity contribution in [3.63, 3.8) is 0 Å². The molecule has 0 saturated heterocycles. The summed E-state index contributed by atoms with van der Waals surface area (Å²) in [5.41, 5.74) is 0.134. The highest BCUT2D eigenvalue weighted by atomic mass is 19.1. The molecule has 0 heterocycles. The third kappa shape index (κ3) is 2.61. The molecular weight excluding hydrogens is 231 g/mol. The number of rotatable bonds is 5. The van der Waals surface area contributed by atoms with E-state index in [-0.39, 0.29) is 11.8 Å². The van der Waals surface area contributed by atoms with Gasteiger partial charge in [-0.05, 0) is 37.0 Å². The fourth-order valence-electron chi connectivity index (χ4n) is 2.02. The van der Waals surface area contributed by atoms with Crippen molar-refractivity contribution in [2.24, 2.45) is 0 Å². The molecule has 1 fully saturated rings. The van der Waals surface area contributed by atoms with Crippen LogP contribution >= 0.6 is 0 Å². The molecule has 1 aliphatic carbocycles. The summed E-state index contributed by atoms with van der Waals surface area (Å²) in [5.74, 6) is -0.550. The van der Waals surface area contributed by atoms with Gasteiger partial charge in [0.2, 0.25) is 0 Å². The predicted molar refractivity (Wildman–Crippen MR) is 67.7 cm³/mol. The molecule has 0 amide bonds. The molecule has 0 bridgehead atoms. The number of hydrogen-bond donors (Lipinski definition) is 0. The van der Waals surface area contributed by atoms with Gasteiger partial charge in [-0.3, -0.25) is 4.79 Å². The second-order valence-electron chi connectivity index (χ2n) is 4.57. The van der Waals surface area contributed by atoms with Crippen molar-refractivity contribution in [3.05, 3.63) is 47.8 Å². The zero-order chi connectivity index (χ0) is 13.0. The number of ether oxygens (including phenoxy) is 1. The van der Waals surface area contributed by atoms with Crippen molar-refractivity contribution < 1.29 is 13.9 Å². The van der Waals surface area contributed by atoms with Crippen LogP contribution in [0.3, 0.4) is 0 Å². The second kappa shape index (κ2) is 5.34. The summed E-state index contributed by atoms with van der Waals surface area (Å²) in [6.45, 7) is 2.32. The summed E-state index contributed by atoms with van der Waals surface area (Å²) in [4.78, 5) is 12.0. The lowest BCUT2D eigenvalue weighted by Gasteiger charge is -2.14. The van der Waals surface area contributed by atoms with E-state index in [1.165, 1.54) is 12.1 Å². The first-order valence-corrected chi connectivity index (χ1v) is 6.27. The lowest BCUT2D eigenvalue weighted by atomic mass is 9.96. The Morgan fingerprint density at radius 2 is 2.22 bits per heavy atom. The number of carbonyl (C=O) groups is 1. The highest BCUT2D eigenvalue weighted by molar-refractivity contribution is 5.86. The van der Waals surface area contributed by atoms with Crippen molar-refractivity contribution >= 4 is 5.97 Å². The van der Waals surface area contributed by atoms with E-state index in [1.807, 2.05) is 19.1 Å². The molecule has 3 heteroatoms. The third-order valence-corrected chi connectivity index (χ3v) is 3.23. The molecule has 0 N–H and O–H groups in total. The molecule has 1 saturated carbocycles. The van der Waals surface area contributed by atoms with Gasteiger partial charge in [-0.2, -0.15) is 0 Å². The van der Waals surface area contributed by atoms with Gasteiger partial charge in [0.25, 0.3) is 0 Å². The normalized spacial score (nSPS) is 16.8. The summed E-state index contributed by atoms with van der Waals surface area (Å²) in [6, 6.07) is 6.24. The molecular formula is C15H17FO2. The Hall–Kier alpha value is -1.64. The van der Waals surface area contributed by atoms with Crippen LogP contribution < -0.4 is 0 Å². The zero-order valence-electron chi connectivity index (χ0n) is 10.5. The van der Waals surface area contributed by atoms with E-state index >= 15 is 0 Å². The minimum Gasteiger partial charge on any atom is -0.461 e. The number of carbonyl (C=O) groups excluding carboxylic acids is 1. The molecule has 0 unspecified atom stereocenters. The molecule has 0 spiro atoms. The van der Waals surface area contributed by atoms with Crippen LogP contribution in [-0.2, 0) is 14.9 Å². The van der Waals surface area contributed by atoms with Crippen LogP contribution in [0.5, 0.6) is 0 Å². The molecule has 1 aromatic carbocycles. The summed E-state index contributed by atoms with van der Waals surface area (Å²) in [7, 11) is 0. The van der Waals surface area contributed by atoms with E-state index in [0.717, 1.165) is 24.8 Å². The van der Waals surface area contributed by atoms with E-state index in [9.17, 15) is 9.18 Å². The topological polar surface area (TPSA) is 26.3 Å². The number of halogens is 1. The molecule has 2 nitrogen and oxygen atoms in total. The van der Waals surface area contributed by atoms with Gasteiger partial charge in [-0.15, -0.1) is 0 Å². The number of esters is 1. The van der Waals surface area contributed by atoms with Gasteiger partial charge < -0.3 is 4.74 Å². The van der Waals surface area contributed by atoms with Crippen LogP contribution in [0.4, 0.5) is 4.39 Å². The van der Waals surface area contributed by atoms with E-state index in [1.54, 1.807) is 12.1 Å². The number of allylic oxidation sites excluding steroid dienone is 1. The Morgan fingerprint density at radius 3 is 2.83 bits per heavy atom. The van der Waals surface area contributed by atoms with Crippen molar-refractivity contribution in [2.75, 3.05) is 6.61 Å². The smallest absolute Gasteiger partial charge is 0.316 e. The van der Waals surface area contributed by atoms with E-state index in [0.29, 0.717) is 6.61 Å². The fourth-order valence-corrected chi connectivity index (χ4v) is 2.02. The Morgan fingerprint density at radius 1 is 1.44 bits per heavy atom. The standard InChI is InChI=1S/C15H17FO2/c1-2-3-4-10-18-14(17)15(8-9-15)12-6-5-7-13(16)11-12/h3-7,11H,2,8-10H2,1H3/b4-3+. The monoisotopic (exact) mass is 248 g/mol.